The lowest BCUT2D eigenvalue weighted by Crippen LogP contribution is -2.12. The minimum Gasteiger partial charge on any atom is -0.324 e. The third kappa shape index (κ3) is 2.36. The average Bonchev–Trinajstić information content (AvgIpc) is 2.87. The van der Waals surface area contributed by atoms with Gasteiger partial charge in [0.15, 0.2) is 0 Å². The monoisotopic (exact) mass is 257 g/mol. The Labute approximate surface area is 112 Å². The van der Waals surface area contributed by atoms with E-state index in [0.717, 1.165) is 6.42 Å². The van der Waals surface area contributed by atoms with E-state index in [1.54, 1.807) is 16.9 Å². The van der Waals surface area contributed by atoms with E-state index in [1.807, 2.05) is 0 Å². The second kappa shape index (κ2) is 5.25. The zero-order valence-electron chi connectivity index (χ0n) is 10.6. The summed E-state index contributed by atoms with van der Waals surface area (Å²) in [5.41, 5.74) is 9.29. The topological polar surface area (TPSA) is 26.0 Å². The Morgan fingerprint density at radius 2 is 2.17 bits per heavy atom. The van der Waals surface area contributed by atoms with Crippen LogP contribution in [0.2, 0.25) is 0 Å². The molecule has 0 saturated carbocycles. The molecule has 1 aromatic heterocycles. The normalized spacial score (nSPS) is 17.7. The summed E-state index contributed by atoms with van der Waals surface area (Å²) in [6, 6.07) is 8.81. The van der Waals surface area contributed by atoms with Gasteiger partial charge >= 0.3 is 0 Å². The maximum atomic E-state index is 6.42. The van der Waals surface area contributed by atoms with Gasteiger partial charge in [-0.25, -0.2) is 0 Å². The molecule has 2 N–H and O–H groups in total. The second-order valence-corrected chi connectivity index (χ2v) is 6.02. The van der Waals surface area contributed by atoms with Crippen molar-refractivity contribution in [1.82, 2.24) is 0 Å². The predicted molar refractivity (Wildman–Crippen MR) is 79.9 cm³/mol. The van der Waals surface area contributed by atoms with Crippen LogP contribution in [0, 0.1) is 0 Å². The van der Waals surface area contributed by atoms with Crippen molar-refractivity contribution in [3.63, 3.8) is 0 Å². The van der Waals surface area contributed by atoms with Crippen LogP contribution in [0.1, 0.15) is 43.7 Å². The molecule has 94 valence electrons. The number of rotatable bonds is 3. The number of thiophene rings is 1. The van der Waals surface area contributed by atoms with Crippen LogP contribution >= 0.6 is 11.3 Å². The van der Waals surface area contributed by atoms with Crippen LogP contribution < -0.4 is 5.73 Å². The van der Waals surface area contributed by atoms with E-state index in [9.17, 15) is 0 Å². The highest BCUT2D eigenvalue weighted by Gasteiger charge is 2.13. The summed E-state index contributed by atoms with van der Waals surface area (Å²) in [5, 5.41) is 3.48. The van der Waals surface area contributed by atoms with E-state index in [4.69, 9.17) is 5.73 Å². The molecule has 0 amide bonds. The first-order valence-electron chi connectivity index (χ1n) is 6.74. The van der Waals surface area contributed by atoms with Gasteiger partial charge < -0.3 is 5.73 Å². The van der Waals surface area contributed by atoms with Gasteiger partial charge in [-0.1, -0.05) is 29.8 Å². The van der Waals surface area contributed by atoms with Gasteiger partial charge in [0.2, 0.25) is 0 Å². The Kier molecular flexibility index (Phi) is 3.48. The molecule has 1 aliphatic rings. The number of nitrogens with two attached hydrogens (primary N) is 1. The number of fused-ring (bicyclic) bond motifs is 1. The smallest absolute Gasteiger partial charge is 0.0390 e. The third-order valence-electron chi connectivity index (χ3n) is 3.78. The van der Waals surface area contributed by atoms with Gasteiger partial charge in [0.25, 0.3) is 0 Å². The molecule has 0 saturated heterocycles. The summed E-state index contributed by atoms with van der Waals surface area (Å²) in [6.45, 7) is 0. The van der Waals surface area contributed by atoms with E-state index >= 15 is 0 Å². The van der Waals surface area contributed by atoms with Crippen molar-refractivity contribution >= 4 is 21.4 Å². The van der Waals surface area contributed by atoms with Gasteiger partial charge in [-0.2, -0.15) is 0 Å². The molecule has 2 heteroatoms. The van der Waals surface area contributed by atoms with Crippen LogP contribution in [0.3, 0.4) is 0 Å². The van der Waals surface area contributed by atoms with E-state index in [2.05, 4.69) is 35.7 Å². The van der Waals surface area contributed by atoms with Crippen molar-refractivity contribution in [3.8, 4) is 0 Å². The van der Waals surface area contributed by atoms with E-state index in [0.29, 0.717) is 0 Å². The van der Waals surface area contributed by atoms with Gasteiger partial charge in [-0.15, -0.1) is 11.3 Å². The van der Waals surface area contributed by atoms with Gasteiger partial charge in [0.1, 0.15) is 0 Å². The molecule has 18 heavy (non-hydrogen) atoms. The molecule has 0 spiro atoms. The zero-order valence-corrected chi connectivity index (χ0v) is 11.4. The molecule has 1 nitrogen and oxygen atoms in total. The van der Waals surface area contributed by atoms with Crippen molar-refractivity contribution < 1.29 is 0 Å². The molecule has 1 atom stereocenters. The molecule has 0 bridgehead atoms. The first-order valence-corrected chi connectivity index (χ1v) is 7.62. The van der Waals surface area contributed by atoms with Crippen molar-refractivity contribution in [2.75, 3.05) is 0 Å². The first kappa shape index (κ1) is 11.9. The molecule has 3 rings (SSSR count). The fourth-order valence-corrected chi connectivity index (χ4v) is 3.77. The molecule has 0 fully saturated rings. The quantitative estimate of drug-likeness (QED) is 0.786. The SMILES string of the molecule is NC(CC1=CCCCC1)c1cccc2ccsc12. The van der Waals surface area contributed by atoms with Crippen LogP contribution in [-0.2, 0) is 0 Å². The maximum Gasteiger partial charge on any atom is 0.0390 e. The first-order chi connectivity index (χ1) is 8.84. The highest BCUT2D eigenvalue weighted by Crippen LogP contribution is 2.32. The van der Waals surface area contributed by atoms with Crippen LogP contribution in [0.15, 0.2) is 41.3 Å². The van der Waals surface area contributed by atoms with E-state index < -0.39 is 0 Å². The molecule has 2 aromatic rings. The fraction of sp³-hybridized carbons (Fsp3) is 0.375. The van der Waals surface area contributed by atoms with Crippen molar-refractivity contribution in [2.45, 2.75) is 38.1 Å². The minimum atomic E-state index is 0.150. The summed E-state index contributed by atoms with van der Waals surface area (Å²) in [6.07, 6.45) is 8.59. The maximum absolute atomic E-state index is 6.42. The molecule has 1 heterocycles. The van der Waals surface area contributed by atoms with Gasteiger partial charge in [0.05, 0.1) is 0 Å². The largest absolute Gasteiger partial charge is 0.324 e. The molecule has 1 aromatic carbocycles. The number of allylic oxidation sites excluding steroid dienone is 1. The fourth-order valence-electron chi connectivity index (χ4n) is 2.79. The summed E-state index contributed by atoms with van der Waals surface area (Å²) in [7, 11) is 0. The second-order valence-electron chi connectivity index (χ2n) is 5.10. The highest BCUT2D eigenvalue weighted by molar-refractivity contribution is 7.17. The van der Waals surface area contributed by atoms with Crippen molar-refractivity contribution in [3.05, 3.63) is 46.9 Å². The predicted octanol–water partition coefficient (Wildman–Crippen LogP) is 4.79. The Bertz CT molecular complexity index is 567. The van der Waals surface area contributed by atoms with Crippen molar-refractivity contribution in [1.29, 1.82) is 0 Å². The Hall–Kier alpha value is -1.12. The minimum absolute atomic E-state index is 0.150. The van der Waals surface area contributed by atoms with Gasteiger partial charge in [0, 0.05) is 10.7 Å². The molecule has 0 aliphatic heterocycles. The standard InChI is InChI=1S/C16H19NS/c17-15(11-12-5-2-1-3-6-12)14-8-4-7-13-9-10-18-16(13)14/h4-5,7-10,15H,1-3,6,11,17H2. The number of benzene rings is 1. The van der Waals surface area contributed by atoms with Crippen LogP contribution in [0.4, 0.5) is 0 Å². The summed E-state index contributed by atoms with van der Waals surface area (Å²) < 4.78 is 1.36. The van der Waals surface area contributed by atoms with Crippen LogP contribution in [0.5, 0.6) is 0 Å². The number of hydrogen-bond acceptors (Lipinski definition) is 2. The van der Waals surface area contributed by atoms with Gasteiger partial charge in [-0.3, -0.25) is 0 Å². The van der Waals surface area contributed by atoms with E-state index in [1.165, 1.54) is 41.3 Å². The zero-order chi connectivity index (χ0) is 12.4. The lowest BCUT2D eigenvalue weighted by Gasteiger charge is -2.18. The number of hydrogen-bond donors (Lipinski definition) is 1. The Balaban J connectivity index is 1.85. The van der Waals surface area contributed by atoms with Crippen molar-refractivity contribution in [2.24, 2.45) is 5.73 Å². The van der Waals surface area contributed by atoms with Crippen LogP contribution in [0.25, 0.3) is 10.1 Å². The summed E-state index contributed by atoms with van der Waals surface area (Å²) in [4.78, 5) is 0. The lowest BCUT2D eigenvalue weighted by atomic mass is 9.92. The highest BCUT2D eigenvalue weighted by atomic mass is 32.1. The Morgan fingerprint density at radius 3 is 3.00 bits per heavy atom. The molecular formula is C16H19NS. The lowest BCUT2D eigenvalue weighted by molar-refractivity contribution is 0.631. The molecule has 1 aliphatic carbocycles. The van der Waals surface area contributed by atoms with Crippen LogP contribution in [-0.4, -0.2) is 0 Å². The third-order valence-corrected chi connectivity index (χ3v) is 4.76. The van der Waals surface area contributed by atoms with Gasteiger partial charge in [-0.05, 0) is 54.5 Å². The summed E-state index contributed by atoms with van der Waals surface area (Å²) in [5.74, 6) is 0. The van der Waals surface area contributed by atoms with E-state index in [-0.39, 0.29) is 6.04 Å². The average molecular weight is 257 g/mol. The molecule has 0 radical (unpaired) electrons. The molecule has 1 unspecified atom stereocenters. The summed E-state index contributed by atoms with van der Waals surface area (Å²) >= 11 is 1.80. The molecular weight excluding hydrogens is 238 g/mol. The Morgan fingerprint density at radius 1 is 1.22 bits per heavy atom.